The van der Waals surface area contributed by atoms with Crippen LogP contribution in [0.4, 0.5) is 0 Å². The minimum absolute atomic E-state index is 0.243. The van der Waals surface area contributed by atoms with Gasteiger partial charge in [0.2, 0.25) is 5.91 Å². The van der Waals surface area contributed by atoms with E-state index in [1.807, 2.05) is 25.7 Å². The van der Waals surface area contributed by atoms with Crippen LogP contribution >= 0.6 is 15.9 Å². The number of amides is 1. The number of nitrogens with zero attached hydrogens (tertiary/aromatic N) is 1. The second-order valence-electron chi connectivity index (χ2n) is 5.28. The molecule has 1 aliphatic heterocycles. The zero-order chi connectivity index (χ0) is 10.9. The van der Waals surface area contributed by atoms with Crippen LogP contribution in [0, 0.1) is 11.3 Å². The minimum atomic E-state index is -0.243. The smallest absolute Gasteiger partial charge is 0.227 e. The molecule has 14 heavy (non-hydrogen) atoms. The van der Waals surface area contributed by atoms with Crippen molar-refractivity contribution in [2.75, 3.05) is 13.1 Å². The molecule has 1 heterocycles. The van der Waals surface area contributed by atoms with E-state index in [9.17, 15) is 4.79 Å². The molecule has 0 N–H and O–H groups in total. The number of hydrogen-bond acceptors (Lipinski definition) is 1. The molecule has 0 bridgehead atoms. The summed E-state index contributed by atoms with van der Waals surface area (Å²) in [5.41, 5.74) is -0.243. The number of halogens is 1. The Hall–Kier alpha value is -0.0500. The lowest BCUT2D eigenvalue weighted by molar-refractivity contribution is -0.140. The van der Waals surface area contributed by atoms with Gasteiger partial charge in [-0.15, -0.1) is 0 Å². The normalized spacial score (nSPS) is 29.1. The van der Waals surface area contributed by atoms with E-state index in [0.717, 1.165) is 19.5 Å². The first kappa shape index (κ1) is 12.0. The molecular weight excluding hydrogens is 242 g/mol. The van der Waals surface area contributed by atoms with Crippen molar-refractivity contribution in [1.29, 1.82) is 0 Å². The summed E-state index contributed by atoms with van der Waals surface area (Å²) in [6.45, 7) is 9.96. The topological polar surface area (TPSA) is 20.3 Å². The average molecular weight is 262 g/mol. The van der Waals surface area contributed by atoms with Gasteiger partial charge in [-0.05, 0) is 12.3 Å². The fourth-order valence-corrected chi connectivity index (χ4v) is 2.29. The van der Waals surface area contributed by atoms with Crippen molar-refractivity contribution in [1.82, 2.24) is 4.90 Å². The lowest BCUT2D eigenvalue weighted by atomic mass is 9.92. The zero-order valence-corrected chi connectivity index (χ0v) is 11.1. The van der Waals surface area contributed by atoms with Crippen molar-refractivity contribution in [3.8, 4) is 0 Å². The molecule has 0 aromatic heterocycles. The molecule has 2 atom stereocenters. The van der Waals surface area contributed by atoms with Crippen LogP contribution in [0.25, 0.3) is 0 Å². The molecule has 0 aromatic rings. The Morgan fingerprint density at radius 3 is 2.43 bits per heavy atom. The highest BCUT2D eigenvalue weighted by molar-refractivity contribution is 9.09. The fraction of sp³-hybridized carbons (Fsp3) is 0.909. The summed E-state index contributed by atoms with van der Waals surface area (Å²) in [5.74, 6) is 0.952. The summed E-state index contributed by atoms with van der Waals surface area (Å²) in [6, 6.07) is 0. The van der Waals surface area contributed by atoms with Crippen molar-refractivity contribution in [2.45, 2.75) is 38.9 Å². The predicted octanol–water partition coefficient (Wildman–Crippen LogP) is 2.66. The first-order valence-electron chi connectivity index (χ1n) is 5.26. The molecular formula is C11H20BrNO. The molecule has 0 aromatic carbocycles. The standard InChI is InChI=1S/C11H20BrNO/c1-8-5-6-13(7-9(8)12)10(14)11(2,3)4/h8-9H,5-7H2,1-4H3. The van der Waals surface area contributed by atoms with Crippen LogP contribution in [0.5, 0.6) is 0 Å². The molecule has 1 rings (SSSR count). The molecule has 0 saturated carbocycles. The van der Waals surface area contributed by atoms with Gasteiger partial charge in [-0.3, -0.25) is 4.79 Å². The van der Waals surface area contributed by atoms with Crippen molar-refractivity contribution < 1.29 is 4.79 Å². The number of rotatable bonds is 0. The number of likely N-dealkylation sites (tertiary alicyclic amines) is 1. The molecule has 1 fully saturated rings. The summed E-state index contributed by atoms with van der Waals surface area (Å²) >= 11 is 3.64. The highest BCUT2D eigenvalue weighted by atomic mass is 79.9. The highest BCUT2D eigenvalue weighted by Crippen LogP contribution is 2.26. The number of alkyl halides is 1. The molecule has 1 aliphatic rings. The van der Waals surface area contributed by atoms with Gasteiger partial charge in [0.25, 0.3) is 0 Å². The van der Waals surface area contributed by atoms with Crippen LogP contribution in [0.3, 0.4) is 0 Å². The van der Waals surface area contributed by atoms with Gasteiger partial charge in [-0.2, -0.15) is 0 Å². The van der Waals surface area contributed by atoms with Gasteiger partial charge in [0.05, 0.1) is 0 Å². The van der Waals surface area contributed by atoms with E-state index >= 15 is 0 Å². The monoisotopic (exact) mass is 261 g/mol. The third kappa shape index (κ3) is 2.72. The van der Waals surface area contributed by atoms with Crippen molar-refractivity contribution in [3.05, 3.63) is 0 Å². The first-order valence-corrected chi connectivity index (χ1v) is 6.17. The predicted molar refractivity (Wildman–Crippen MR) is 62.5 cm³/mol. The Kier molecular flexibility index (Phi) is 3.62. The quantitative estimate of drug-likeness (QED) is 0.614. The molecule has 2 nitrogen and oxygen atoms in total. The van der Waals surface area contributed by atoms with E-state index in [-0.39, 0.29) is 11.3 Å². The second kappa shape index (κ2) is 4.21. The SMILES string of the molecule is CC1CCN(C(=O)C(C)(C)C)CC1Br. The fourth-order valence-electron chi connectivity index (χ4n) is 1.68. The molecule has 2 unspecified atom stereocenters. The van der Waals surface area contributed by atoms with Gasteiger partial charge in [0.1, 0.15) is 0 Å². The van der Waals surface area contributed by atoms with Gasteiger partial charge in [-0.1, -0.05) is 43.6 Å². The maximum Gasteiger partial charge on any atom is 0.227 e. The Morgan fingerprint density at radius 2 is 2.00 bits per heavy atom. The summed E-state index contributed by atoms with van der Waals surface area (Å²) in [5, 5.41) is 0. The largest absolute Gasteiger partial charge is 0.341 e. The Labute approximate surface area is 95.2 Å². The van der Waals surface area contributed by atoms with Crippen LogP contribution in [0.1, 0.15) is 34.1 Å². The van der Waals surface area contributed by atoms with E-state index in [1.54, 1.807) is 0 Å². The molecule has 0 spiro atoms. The molecule has 0 radical (unpaired) electrons. The Morgan fingerprint density at radius 1 is 1.43 bits per heavy atom. The van der Waals surface area contributed by atoms with Gasteiger partial charge in [-0.25, -0.2) is 0 Å². The lowest BCUT2D eigenvalue weighted by Gasteiger charge is -2.37. The third-order valence-electron chi connectivity index (χ3n) is 2.80. The number of carbonyl (C=O) groups excluding carboxylic acids is 1. The van der Waals surface area contributed by atoms with E-state index in [4.69, 9.17) is 0 Å². The maximum absolute atomic E-state index is 12.0. The van der Waals surface area contributed by atoms with Gasteiger partial charge in [0, 0.05) is 23.3 Å². The average Bonchev–Trinajstić information content (AvgIpc) is 2.07. The number of piperidine rings is 1. The van der Waals surface area contributed by atoms with Crippen LogP contribution < -0.4 is 0 Å². The van der Waals surface area contributed by atoms with Crippen LogP contribution in [0.2, 0.25) is 0 Å². The van der Waals surface area contributed by atoms with E-state index in [2.05, 4.69) is 22.9 Å². The van der Waals surface area contributed by atoms with Gasteiger partial charge in [0.15, 0.2) is 0 Å². The first-order chi connectivity index (χ1) is 6.32. The summed E-state index contributed by atoms with van der Waals surface area (Å²) in [6.07, 6.45) is 1.11. The molecule has 1 saturated heterocycles. The summed E-state index contributed by atoms with van der Waals surface area (Å²) in [7, 11) is 0. The number of hydrogen-bond donors (Lipinski definition) is 0. The van der Waals surface area contributed by atoms with E-state index < -0.39 is 0 Å². The Balaban J connectivity index is 2.59. The van der Waals surface area contributed by atoms with Crippen molar-refractivity contribution in [2.24, 2.45) is 11.3 Å². The summed E-state index contributed by atoms with van der Waals surface area (Å²) in [4.78, 5) is 14.4. The number of carbonyl (C=O) groups is 1. The van der Waals surface area contributed by atoms with Crippen molar-refractivity contribution >= 4 is 21.8 Å². The van der Waals surface area contributed by atoms with E-state index in [0.29, 0.717) is 10.7 Å². The highest BCUT2D eigenvalue weighted by Gasteiger charge is 2.32. The van der Waals surface area contributed by atoms with Crippen molar-refractivity contribution in [3.63, 3.8) is 0 Å². The molecule has 3 heteroatoms. The molecule has 1 amide bonds. The van der Waals surface area contributed by atoms with Gasteiger partial charge < -0.3 is 4.90 Å². The Bertz CT molecular complexity index is 222. The molecule has 82 valence electrons. The zero-order valence-electron chi connectivity index (χ0n) is 9.51. The lowest BCUT2D eigenvalue weighted by Crippen LogP contribution is -2.47. The van der Waals surface area contributed by atoms with Crippen LogP contribution in [-0.2, 0) is 4.79 Å². The maximum atomic E-state index is 12.0. The minimum Gasteiger partial charge on any atom is -0.341 e. The van der Waals surface area contributed by atoms with E-state index in [1.165, 1.54) is 0 Å². The third-order valence-corrected chi connectivity index (χ3v) is 3.99. The second-order valence-corrected chi connectivity index (χ2v) is 6.46. The van der Waals surface area contributed by atoms with Gasteiger partial charge >= 0.3 is 0 Å². The van der Waals surface area contributed by atoms with Crippen LogP contribution in [-0.4, -0.2) is 28.7 Å². The summed E-state index contributed by atoms with van der Waals surface area (Å²) < 4.78 is 0. The van der Waals surface area contributed by atoms with Crippen LogP contribution in [0.15, 0.2) is 0 Å². The molecule has 0 aliphatic carbocycles.